The Morgan fingerprint density at radius 1 is 1.50 bits per heavy atom. The van der Waals surface area contributed by atoms with E-state index in [1.807, 2.05) is 0 Å². The van der Waals surface area contributed by atoms with Crippen molar-refractivity contribution < 1.29 is 14.6 Å². The molecule has 0 aliphatic rings. The molecule has 0 rings (SSSR count). The van der Waals surface area contributed by atoms with Gasteiger partial charge in [-0.15, -0.1) is 0 Å². The number of aliphatic hydroxyl groups excluding tert-OH is 1. The first-order valence-corrected chi connectivity index (χ1v) is 5.12. The van der Waals surface area contributed by atoms with Crippen molar-refractivity contribution >= 4 is 5.91 Å². The summed E-state index contributed by atoms with van der Waals surface area (Å²) in [5.74, 6) is 0.495. The van der Waals surface area contributed by atoms with Gasteiger partial charge in [0.25, 0.3) is 0 Å². The summed E-state index contributed by atoms with van der Waals surface area (Å²) in [5, 5.41) is 11.2. The molecule has 1 amide bonds. The molecule has 0 saturated carbocycles. The number of rotatable bonds is 8. The van der Waals surface area contributed by atoms with E-state index in [0.29, 0.717) is 38.5 Å². The third-order valence-corrected chi connectivity index (χ3v) is 1.58. The minimum atomic E-state index is -0.0118. The summed E-state index contributed by atoms with van der Waals surface area (Å²) in [6.45, 7) is 5.97. The van der Waals surface area contributed by atoms with Crippen molar-refractivity contribution in [3.05, 3.63) is 0 Å². The molecule has 0 aromatic heterocycles. The molecule has 0 bridgehead atoms. The summed E-state index contributed by atoms with van der Waals surface area (Å²) in [6.07, 6.45) is 1.01. The van der Waals surface area contributed by atoms with Crippen molar-refractivity contribution in [3.63, 3.8) is 0 Å². The van der Waals surface area contributed by atoms with Crippen LogP contribution in [0.15, 0.2) is 0 Å². The van der Waals surface area contributed by atoms with Gasteiger partial charge in [-0.3, -0.25) is 4.79 Å². The lowest BCUT2D eigenvalue weighted by atomic mass is 10.2. The summed E-state index contributed by atoms with van der Waals surface area (Å²) in [4.78, 5) is 11.1. The second-order valence-electron chi connectivity index (χ2n) is 3.65. The minimum absolute atomic E-state index is 0.0118. The molecule has 0 radical (unpaired) electrons. The molecule has 0 aliphatic carbocycles. The summed E-state index contributed by atoms with van der Waals surface area (Å²) < 4.78 is 5.26. The van der Waals surface area contributed by atoms with Gasteiger partial charge < -0.3 is 15.2 Å². The number of amides is 1. The maximum atomic E-state index is 11.1. The van der Waals surface area contributed by atoms with E-state index in [1.165, 1.54) is 0 Å². The van der Waals surface area contributed by atoms with Crippen LogP contribution in [0.25, 0.3) is 0 Å². The van der Waals surface area contributed by atoms with Crippen molar-refractivity contribution in [3.8, 4) is 0 Å². The zero-order chi connectivity index (χ0) is 10.8. The molecule has 2 N–H and O–H groups in total. The van der Waals surface area contributed by atoms with Gasteiger partial charge in [-0.2, -0.15) is 0 Å². The Morgan fingerprint density at radius 3 is 2.79 bits per heavy atom. The van der Waals surface area contributed by atoms with Crippen LogP contribution in [0.3, 0.4) is 0 Å². The quantitative estimate of drug-likeness (QED) is 0.566. The number of carbonyl (C=O) groups is 1. The molecule has 0 spiro atoms. The van der Waals surface area contributed by atoms with Crippen molar-refractivity contribution in [2.24, 2.45) is 5.92 Å². The number of hydrogen-bond acceptors (Lipinski definition) is 3. The number of ether oxygens (including phenoxy) is 1. The maximum absolute atomic E-state index is 11.1. The van der Waals surface area contributed by atoms with E-state index in [1.54, 1.807) is 0 Å². The van der Waals surface area contributed by atoms with Crippen LogP contribution in [0.5, 0.6) is 0 Å². The molecule has 0 heterocycles. The lowest BCUT2D eigenvalue weighted by Crippen LogP contribution is -2.26. The Morgan fingerprint density at radius 2 is 2.21 bits per heavy atom. The summed E-state index contributed by atoms with van der Waals surface area (Å²) in [5.41, 5.74) is 0. The van der Waals surface area contributed by atoms with E-state index >= 15 is 0 Å². The molecule has 0 fully saturated rings. The average Bonchev–Trinajstić information content (AvgIpc) is 2.13. The van der Waals surface area contributed by atoms with Crippen molar-refractivity contribution in [2.75, 3.05) is 26.4 Å². The van der Waals surface area contributed by atoms with Gasteiger partial charge in [0.05, 0.1) is 6.61 Å². The monoisotopic (exact) mass is 203 g/mol. The molecule has 0 saturated heterocycles. The summed E-state index contributed by atoms with van der Waals surface area (Å²) in [7, 11) is 0. The summed E-state index contributed by atoms with van der Waals surface area (Å²) in [6, 6.07) is 0. The molecule has 0 atom stereocenters. The van der Waals surface area contributed by atoms with Gasteiger partial charge in [-0.25, -0.2) is 0 Å². The smallest absolute Gasteiger partial charge is 0.222 e. The number of nitrogens with one attached hydrogen (secondary N) is 1. The number of hydrogen-bond donors (Lipinski definition) is 2. The van der Waals surface area contributed by atoms with E-state index < -0.39 is 0 Å². The number of carbonyl (C=O) groups excluding carboxylic acids is 1. The topological polar surface area (TPSA) is 58.6 Å². The number of aliphatic hydroxyl groups is 1. The summed E-state index contributed by atoms with van der Waals surface area (Å²) >= 11 is 0. The molecule has 84 valence electrons. The average molecular weight is 203 g/mol. The Kier molecular flexibility index (Phi) is 8.57. The van der Waals surface area contributed by atoms with Gasteiger partial charge in [0.1, 0.15) is 0 Å². The molecule has 4 nitrogen and oxygen atoms in total. The third-order valence-electron chi connectivity index (χ3n) is 1.58. The van der Waals surface area contributed by atoms with Gasteiger partial charge in [-0.05, 0) is 12.3 Å². The van der Waals surface area contributed by atoms with Crippen LogP contribution in [0.2, 0.25) is 0 Å². The zero-order valence-electron chi connectivity index (χ0n) is 9.08. The first-order valence-electron chi connectivity index (χ1n) is 5.12. The lowest BCUT2D eigenvalue weighted by Gasteiger charge is -2.07. The van der Waals surface area contributed by atoms with Crippen LogP contribution >= 0.6 is 0 Å². The van der Waals surface area contributed by atoms with Crippen LogP contribution in [0, 0.1) is 5.92 Å². The van der Waals surface area contributed by atoms with E-state index in [2.05, 4.69) is 19.2 Å². The van der Waals surface area contributed by atoms with Crippen molar-refractivity contribution in [1.82, 2.24) is 5.32 Å². The molecule has 4 heteroatoms. The van der Waals surface area contributed by atoms with Crippen LogP contribution in [-0.4, -0.2) is 37.4 Å². The second-order valence-corrected chi connectivity index (χ2v) is 3.65. The van der Waals surface area contributed by atoms with E-state index in [-0.39, 0.29) is 12.5 Å². The largest absolute Gasteiger partial charge is 0.396 e. The Bertz CT molecular complexity index is 148. The molecule has 0 aromatic rings. The normalized spacial score (nSPS) is 10.6. The van der Waals surface area contributed by atoms with Gasteiger partial charge in [-0.1, -0.05) is 13.8 Å². The SMILES string of the molecule is CC(C)COCCC(=O)NCCCO. The van der Waals surface area contributed by atoms with Crippen LogP contribution < -0.4 is 5.32 Å². The highest BCUT2D eigenvalue weighted by molar-refractivity contribution is 5.75. The Labute approximate surface area is 85.6 Å². The van der Waals surface area contributed by atoms with E-state index in [4.69, 9.17) is 9.84 Å². The maximum Gasteiger partial charge on any atom is 0.222 e. The van der Waals surface area contributed by atoms with E-state index in [9.17, 15) is 4.79 Å². The van der Waals surface area contributed by atoms with Gasteiger partial charge >= 0.3 is 0 Å². The van der Waals surface area contributed by atoms with Crippen molar-refractivity contribution in [1.29, 1.82) is 0 Å². The van der Waals surface area contributed by atoms with Crippen molar-refractivity contribution in [2.45, 2.75) is 26.7 Å². The van der Waals surface area contributed by atoms with Gasteiger partial charge in [0.2, 0.25) is 5.91 Å². The second kappa shape index (κ2) is 8.97. The fourth-order valence-corrected chi connectivity index (χ4v) is 0.879. The molecule has 0 unspecified atom stereocenters. The molecular formula is C10H21NO3. The lowest BCUT2D eigenvalue weighted by molar-refractivity contribution is -0.122. The Hall–Kier alpha value is -0.610. The highest BCUT2D eigenvalue weighted by Gasteiger charge is 2.00. The van der Waals surface area contributed by atoms with E-state index in [0.717, 1.165) is 0 Å². The predicted molar refractivity (Wildman–Crippen MR) is 55.0 cm³/mol. The van der Waals surface area contributed by atoms with Crippen LogP contribution in [0.4, 0.5) is 0 Å². The van der Waals surface area contributed by atoms with Gasteiger partial charge in [0.15, 0.2) is 0 Å². The molecule has 0 aromatic carbocycles. The standard InChI is InChI=1S/C10H21NO3/c1-9(2)8-14-7-4-10(13)11-5-3-6-12/h9,12H,3-8H2,1-2H3,(H,11,13). The highest BCUT2D eigenvalue weighted by atomic mass is 16.5. The predicted octanol–water partition coefficient (Wildman–Crippen LogP) is 0.548. The first kappa shape index (κ1) is 13.4. The zero-order valence-corrected chi connectivity index (χ0v) is 9.08. The fourth-order valence-electron chi connectivity index (χ4n) is 0.879. The Balaban J connectivity index is 3.18. The van der Waals surface area contributed by atoms with Crippen LogP contribution in [0.1, 0.15) is 26.7 Å². The molecule has 14 heavy (non-hydrogen) atoms. The molecule has 0 aliphatic heterocycles. The third kappa shape index (κ3) is 9.48. The molecular weight excluding hydrogens is 182 g/mol. The van der Waals surface area contributed by atoms with Gasteiger partial charge in [0, 0.05) is 26.2 Å². The highest BCUT2D eigenvalue weighted by Crippen LogP contribution is 1.93. The van der Waals surface area contributed by atoms with Crippen LogP contribution in [-0.2, 0) is 9.53 Å². The first-order chi connectivity index (χ1) is 6.66. The minimum Gasteiger partial charge on any atom is -0.396 e. The fraction of sp³-hybridized carbons (Fsp3) is 0.900.